The highest BCUT2D eigenvalue weighted by Gasteiger charge is 2.32. The Labute approximate surface area is 200 Å². The number of benzene rings is 2. The van der Waals surface area contributed by atoms with Crippen LogP contribution in [0.4, 0.5) is 0 Å². The van der Waals surface area contributed by atoms with Gasteiger partial charge >= 0.3 is 5.97 Å². The third kappa shape index (κ3) is 4.83. The minimum Gasteiger partial charge on any atom is -0.497 e. The number of nitrogens with zero attached hydrogens (tertiary/aromatic N) is 3. The molecule has 0 saturated carbocycles. The van der Waals surface area contributed by atoms with Crippen LogP contribution in [0.2, 0.25) is 0 Å². The Morgan fingerprint density at radius 3 is 2.71 bits per heavy atom. The van der Waals surface area contributed by atoms with Crippen LogP contribution in [0.25, 0.3) is 16.9 Å². The van der Waals surface area contributed by atoms with Crippen LogP contribution in [0.3, 0.4) is 0 Å². The van der Waals surface area contributed by atoms with Crippen LogP contribution in [0.1, 0.15) is 41.4 Å². The predicted molar refractivity (Wildman–Crippen MR) is 130 cm³/mol. The Bertz CT molecular complexity index is 1200. The molecule has 1 amide bonds. The lowest BCUT2D eigenvalue weighted by molar-refractivity contribution is -0.149. The first-order valence-corrected chi connectivity index (χ1v) is 11.7. The molecule has 3 aromatic rings. The van der Waals surface area contributed by atoms with Gasteiger partial charge in [0.1, 0.15) is 11.4 Å². The van der Waals surface area contributed by atoms with E-state index in [0.29, 0.717) is 31.1 Å². The number of carbonyl (C=O) groups is 2. The Hall–Kier alpha value is -3.61. The maximum Gasteiger partial charge on any atom is 0.310 e. The Morgan fingerprint density at radius 1 is 1.12 bits per heavy atom. The van der Waals surface area contributed by atoms with Crippen molar-refractivity contribution >= 4 is 11.9 Å². The molecule has 1 aromatic heterocycles. The molecule has 2 heterocycles. The van der Waals surface area contributed by atoms with Crippen LogP contribution in [0.15, 0.2) is 48.5 Å². The summed E-state index contributed by atoms with van der Waals surface area (Å²) in [4.78, 5) is 27.9. The smallest absolute Gasteiger partial charge is 0.310 e. The maximum atomic E-state index is 13.8. The average molecular weight is 462 g/mol. The van der Waals surface area contributed by atoms with Gasteiger partial charge in [-0.05, 0) is 69.0 Å². The lowest BCUT2D eigenvalue weighted by atomic mass is 9.98. The molecule has 1 saturated heterocycles. The van der Waals surface area contributed by atoms with Crippen LogP contribution in [-0.4, -0.2) is 53.4 Å². The van der Waals surface area contributed by atoms with Gasteiger partial charge in [0.05, 0.1) is 31.0 Å². The van der Waals surface area contributed by atoms with E-state index in [1.54, 1.807) is 23.6 Å². The van der Waals surface area contributed by atoms with Gasteiger partial charge in [-0.2, -0.15) is 5.10 Å². The van der Waals surface area contributed by atoms with E-state index in [2.05, 4.69) is 0 Å². The molecule has 1 aliphatic heterocycles. The molecule has 7 heteroatoms. The largest absolute Gasteiger partial charge is 0.497 e. The van der Waals surface area contributed by atoms with Crippen LogP contribution in [0.5, 0.6) is 5.75 Å². The van der Waals surface area contributed by atoms with Crippen LogP contribution in [0, 0.1) is 19.8 Å². The first kappa shape index (κ1) is 23.5. The molecule has 4 rings (SSSR count). The van der Waals surface area contributed by atoms with Crippen molar-refractivity contribution in [1.82, 2.24) is 14.7 Å². The van der Waals surface area contributed by atoms with Crippen molar-refractivity contribution in [2.75, 3.05) is 26.8 Å². The second-order valence-electron chi connectivity index (χ2n) is 8.69. The van der Waals surface area contributed by atoms with Gasteiger partial charge in [-0.1, -0.05) is 24.3 Å². The van der Waals surface area contributed by atoms with Crippen LogP contribution >= 0.6 is 0 Å². The molecule has 2 aromatic carbocycles. The van der Waals surface area contributed by atoms with Gasteiger partial charge in [-0.15, -0.1) is 0 Å². The molecule has 178 valence electrons. The molecule has 1 aliphatic rings. The van der Waals surface area contributed by atoms with E-state index in [0.717, 1.165) is 41.0 Å². The summed E-state index contributed by atoms with van der Waals surface area (Å²) in [5.41, 5.74) is 4.97. The highest BCUT2D eigenvalue weighted by Crippen LogP contribution is 2.28. The Kier molecular flexibility index (Phi) is 7.01. The summed E-state index contributed by atoms with van der Waals surface area (Å²) in [6, 6.07) is 15.6. The molecule has 7 nitrogen and oxygen atoms in total. The van der Waals surface area contributed by atoms with Crippen molar-refractivity contribution in [2.24, 2.45) is 5.92 Å². The SMILES string of the molecule is CCOC(=O)C1CCCN(C(=O)c2cc(-c3cccc(OC)c3)nn2-c2cc(C)ccc2C)C1. The lowest BCUT2D eigenvalue weighted by Gasteiger charge is -2.31. The van der Waals surface area contributed by atoms with Crippen molar-refractivity contribution in [3.05, 3.63) is 65.4 Å². The standard InChI is InChI=1S/C27H31N3O4/c1-5-34-27(32)21-9-7-13-29(17-21)26(31)25-16-23(20-8-6-10-22(15-20)33-4)28-30(25)24-14-18(2)11-12-19(24)3/h6,8,10-12,14-16,21H,5,7,9,13,17H2,1-4H3. The number of esters is 1. The van der Waals surface area contributed by atoms with Crippen LogP contribution in [-0.2, 0) is 9.53 Å². The van der Waals surface area contributed by atoms with Crippen molar-refractivity contribution < 1.29 is 19.1 Å². The molecule has 0 N–H and O–H groups in total. The first-order chi connectivity index (χ1) is 16.4. The summed E-state index contributed by atoms with van der Waals surface area (Å²) in [6.45, 7) is 7.11. The third-order valence-corrected chi connectivity index (χ3v) is 6.22. The number of likely N-dealkylation sites (tertiary alicyclic amines) is 1. The Morgan fingerprint density at radius 2 is 1.94 bits per heavy atom. The zero-order valence-corrected chi connectivity index (χ0v) is 20.2. The van der Waals surface area contributed by atoms with Gasteiger partial charge in [-0.3, -0.25) is 9.59 Å². The number of amides is 1. The summed E-state index contributed by atoms with van der Waals surface area (Å²) in [6.07, 6.45) is 1.49. The number of aromatic nitrogens is 2. The zero-order valence-electron chi connectivity index (χ0n) is 20.2. The fourth-order valence-corrected chi connectivity index (χ4v) is 4.36. The third-order valence-electron chi connectivity index (χ3n) is 6.22. The molecule has 0 spiro atoms. The molecular weight excluding hydrogens is 430 g/mol. The maximum absolute atomic E-state index is 13.8. The topological polar surface area (TPSA) is 73.7 Å². The quantitative estimate of drug-likeness (QED) is 0.503. The van der Waals surface area contributed by atoms with Gasteiger partial charge in [0, 0.05) is 18.7 Å². The van der Waals surface area contributed by atoms with E-state index in [1.807, 2.05) is 62.4 Å². The summed E-state index contributed by atoms with van der Waals surface area (Å²) in [5.74, 6) is 0.0456. The van der Waals surface area contributed by atoms with E-state index >= 15 is 0 Å². The fraction of sp³-hybridized carbons (Fsp3) is 0.370. The van der Waals surface area contributed by atoms with Crippen molar-refractivity contribution in [1.29, 1.82) is 0 Å². The Balaban J connectivity index is 1.75. The van der Waals surface area contributed by atoms with Gasteiger partial charge in [0.25, 0.3) is 5.91 Å². The van der Waals surface area contributed by atoms with E-state index < -0.39 is 0 Å². The number of carbonyl (C=O) groups excluding carboxylic acids is 2. The zero-order chi connectivity index (χ0) is 24.2. The number of ether oxygens (including phenoxy) is 2. The molecule has 0 bridgehead atoms. The van der Waals surface area contributed by atoms with Gasteiger partial charge in [0.15, 0.2) is 0 Å². The highest BCUT2D eigenvalue weighted by atomic mass is 16.5. The lowest BCUT2D eigenvalue weighted by Crippen LogP contribution is -2.43. The number of hydrogen-bond acceptors (Lipinski definition) is 5. The van der Waals surface area contributed by atoms with E-state index in [9.17, 15) is 9.59 Å². The molecule has 1 unspecified atom stereocenters. The number of rotatable bonds is 6. The summed E-state index contributed by atoms with van der Waals surface area (Å²) in [7, 11) is 1.62. The van der Waals surface area contributed by atoms with Gasteiger partial charge in [0.2, 0.25) is 0 Å². The molecule has 0 radical (unpaired) electrons. The van der Waals surface area contributed by atoms with Crippen LogP contribution < -0.4 is 4.74 Å². The summed E-state index contributed by atoms with van der Waals surface area (Å²) < 4.78 is 12.3. The molecule has 1 atom stereocenters. The van der Waals surface area contributed by atoms with E-state index in [4.69, 9.17) is 14.6 Å². The van der Waals surface area contributed by atoms with E-state index in [-0.39, 0.29) is 17.8 Å². The number of aryl methyl sites for hydroxylation is 2. The van der Waals surface area contributed by atoms with Crippen molar-refractivity contribution in [2.45, 2.75) is 33.6 Å². The number of hydrogen-bond donors (Lipinski definition) is 0. The predicted octanol–water partition coefficient (Wildman–Crippen LogP) is 4.58. The van der Waals surface area contributed by atoms with Gasteiger partial charge < -0.3 is 14.4 Å². The van der Waals surface area contributed by atoms with Gasteiger partial charge in [-0.25, -0.2) is 4.68 Å². The van der Waals surface area contributed by atoms with Crippen molar-refractivity contribution in [3.8, 4) is 22.7 Å². The number of methoxy groups -OCH3 is 1. The normalized spacial score (nSPS) is 15.8. The molecule has 1 fully saturated rings. The average Bonchev–Trinajstić information content (AvgIpc) is 3.30. The molecular formula is C27H31N3O4. The second kappa shape index (κ2) is 10.1. The fourth-order valence-electron chi connectivity index (χ4n) is 4.36. The summed E-state index contributed by atoms with van der Waals surface area (Å²) in [5, 5.41) is 4.85. The summed E-state index contributed by atoms with van der Waals surface area (Å²) >= 11 is 0. The minimum absolute atomic E-state index is 0.142. The highest BCUT2D eigenvalue weighted by molar-refractivity contribution is 5.95. The minimum atomic E-state index is -0.299. The number of piperidine rings is 1. The molecule has 0 aliphatic carbocycles. The first-order valence-electron chi connectivity index (χ1n) is 11.7. The monoisotopic (exact) mass is 461 g/mol. The molecule has 34 heavy (non-hydrogen) atoms. The second-order valence-corrected chi connectivity index (χ2v) is 8.69. The van der Waals surface area contributed by atoms with Crippen molar-refractivity contribution in [3.63, 3.8) is 0 Å². The van der Waals surface area contributed by atoms with E-state index in [1.165, 1.54) is 0 Å².